The number of carboxylic acid groups (broad SMARTS) is 1. The number of ether oxygens (including phenoxy) is 1. The fourth-order valence-electron chi connectivity index (χ4n) is 2.18. The van der Waals surface area contributed by atoms with Crippen molar-refractivity contribution in [2.75, 3.05) is 0 Å². The SMILES string of the molecule is Cc1cccc(Oc2nc3ccccn3c2C(=O)O)c1C. The molecule has 0 atom stereocenters. The zero-order valence-corrected chi connectivity index (χ0v) is 11.7. The number of pyridine rings is 1. The van der Waals surface area contributed by atoms with Crippen molar-refractivity contribution >= 4 is 11.6 Å². The smallest absolute Gasteiger partial charge is 0.358 e. The summed E-state index contributed by atoms with van der Waals surface area (Å²) in [5, 5.41) is 9.41. The van der Waals surface area contributed by atoms with Crippen LogP contribution in [0.2, 0.25) is 0 Å². The number of hydrogen-bond donors (Lipinski definition) is 1. The average molecular weight is 282 g/mol. The van der Waals surface area contributed by atoms with Gasteiger partial charge in [-0.25, -0.2) is 4.79 Å². The topological polar surface area (TPSA) is 63.8 Å². The van der Waals surface area contributed by atoms with E-state index in [1.165, 1.54) is 4.40 Å². The number of benzene rings is 1. The maximum atomic E-state index is 11.5. The summed E-state index contributed by atoms with van der Waals surface area (Å²) in [4.78, 5) is 15.8. The number of aryl methyl sites for hydroxylation is 1. The molecular formula is C16H14N2O3. The van der Waals surface area contributed by atoms with Gasteiger partial charge in [0.15, 0.2) is 5.69 Å². The molecule has 0 saturated heterocycles. The standard InChI is InChI=1S/C16H14N2O3/c1-10-6-5-7-12(11(10)2)21-15-14(16(19)20)18-9-4-3-8-13(18)17-15/h3-9H,1-2H3,(H,19,20). The molecule has 5 heteroatoms. The van der Waals surface area contributed by atoms with Crippen molar-refractivity contribution in [2.24, 2.45) is 0 Å². The van der Waals surface area contributed by atoms with Gasteiger partial charge in [-0.05, 0) is 43.2 Å². The number of carboxylic acids is 1. The van der Waals surface area contributed by atoms with Crippen molar-refractivity contribution in [3.63, 3.8) is 0 Å². The fraction of sp³-hybridized carbons (Fsp3) is 0.125. The molecule has 0 saturated carbocycles. The van der Waals surface area contributed by atoms with Gasteiger partial charge in [-0.1, -0.05) is 18.2 Å². The summed E-state index contributed by atoms with van der Waals surface area (Å²) in [6.07, 6.45) is 1.65. The zero-order chi connectivity index (χ0) is 15.0. The first kappa shape index (κ1) is 13.2. The van der Waals surface area contributed by atoms with Crippen LogP contribution >= 0.6 is 0 Å². The van der Waals surface area contributed by atoms with Crippen LogP contribution in [-0.2, 0) is 0 Å². The Morgan fingerprint density at radius 2 is 2.00 bits per heavy atom. The van der Waals surface area contributed by atoms with Gasteiger partial charge in [0.2, 0.25) is 0 Å². The number of fused-ring (bicyclic) bond motifs is 1. The summed E-state index contributed by atoms with van der Waals surface area (Å²) >= 11 is 0. The summed E-state index contributed by atoms with van der Waals surface area (Å²) in [6.45, 7) is 3.91. The van der Waals surface area contributed by atoms with Crippen LogP contribution in [-0.4, -0.2) is 20.5 Å². The van der Waals surface area contributed by atoms with E-state index in [9.17, 15) is 9.90 Å². The zero-order valence-electron chi connectivity index (χ0n) is 11.7. The predicted octanol–water partition coefficient (Wildman–Crippen LogP) is 3.44. The minimum Gasteiger partial charge on any atom is -0.476 e. The summed E-state index contributed by atoms with van der Waals surface area (Å²) in [6, 6.07) is 10.9. The highest BCUT2D eigenvalue weighted by atomic mass is 16.5. The first-order valence-corrected chi connectivity index (χ1v) is 6.52. The molecule has 21 heavy (non-hydrogen) atoms. The Morgan fingerprint density at radius 3 is 2.76 bits per heavy atom. The number of nitrogens with zero attached hydrogens (tertiary/aromatic N) is 2. The van der Waals surface area contributed by atoms with E-state index in [0.29, 0.717) is 11.4 Å². The molecule has 2 heterocycles. The predicted molar refractivity (Wildman–Crippen MR) is 78.1 cm³/mol. The lowest BCUT2D eigenvalue weighted by molar-refractivity contribution is 0.0686. The van der Waals surface area contributed by atoms with Crippen LogP contribution in [0.25, 0.3) is 5.65 Å². The molecular weight excluding hydrogens is 268 g/mol. The molecule has 0 aliphatic carbocycles. The van der Waals surface area contributed by atoms with E-state index in [-0.39, 0.29) is 11.6 Å². The van der Waals surface area contributed by atoms with Crippen molar-refractivity contribution < 1.29 is 14.6 Å². The molecule has 0 bridgehead atoms. The number of carbonyl (C=O) groups is 1. The van der Waals surface area contributed by atoms with Crippen LogP contribution in [0.4, 0.5) is 0 Å². The second kappa shape index (κ2) is 4.94. The van der Waals surface area contributed by atoms with Crippen LogP contribution in [0.3, 0.4) is 0 Å². The Labute approximate surface area is 121 Å². The monoisotopic (exact) mass is 282 g/mol. The van der Waals surface area contributed by atoms with E-state index in [4.69, 9.17) is 4.74 Å². The van der Waals surface area contributed by atoms with Crippen LogP contribution < -0.4 is 4.74 Å². The lowest BCUT2D eigenvalue weighted by Gasteiger charge is -2.08. The number of imidazole rings is 1. The van der Waals surface area contributed by atoms with Crippen LogP contribution in [0.15, 0.2) is 42.6 Å². The van der Waals surface area contributed by atoms with Crippen molar-refractivity contribution in [1.29, 1.82) is 0 Å². The molecule has 1 aromatic carbocycles. The van der Waals surface area contributed by atoms with Gasteiger partial charge in [-0.2, -0.15) is 4.98 Å². The molecule has 0 radical (unpaired) electrons. The van der Waals surface area contributed by atoms with Crippen LogP contribution in [0.1, 0.15) is 21.6 Å². The second-order valence-corrected chi connectivity index (χ2v) is 4.80. The van der Waals surface area contributed by atoms with Gasteiger partial charge >= 0.3 is 5.97 Å². The third-order valence-electron chi connectivity index (χ3n) is 3.46. The highest BCUT2D eigenvalue weighted by Gasteiger charge is 2.21. The summed E-state index contributed by atoms with van der Waals surface area (Å²) in [5.74, 6) is -0.364. The van der Waals surface area contributed by atoms with Gasteiger partial charge in [0.1, 0.15) is 11.4 Å². The Morgan fingerprint density at radius 1 is 1.19 bits per heavy atom. The lowest BCUT2D eigenvalue weighted by Crippen LogP contribution is -2.03. The summed E-state index contributed by atoms with van der Waals surface area (Å²) in [5.41, 5.74) is 2.60. The van der Waals surface area contributed by atoms with E-state index in [2.05, 4.69) is 4.98 Å². The maximum absolute atomic E-state index is 11.5. The molecule has 1 N–H and O–H groups in total. The summed E-state index contributed by atoms with van der Waals surface area (Å²) < 4.78 is 7.26. The minimum atomic E-state index is -1.07. The first-order chi connectivity index (χ1) is 10.1. The molecule has 0 amide bonds. The second-order valence-electron chi connectivity index (χ2n) is 4.80. The van der Waals surface area contributed by atoms with Crippen molar-refractivity contribution in [3.05, 3.63) is 59.4 Å². The molecule has 5 nitrogen and oxygen atoms in total. The number of rotatable bonds is 3. The Kier molecular flexibility index (Phi) is 3.10. The van der Waals surface area contributed by atoms with Gasteiger partial charge in [-0.3, -0.25) is 4.40 Å². The molecule has 0 aliphatic rings. The molecule has 0 spiro atoms. The van der Waals surface area contributed by atoms with E-state index < -0.39 is 5.97 Å². The van der Waals surface area contributed by atoms with Crippen molar-refractivity contribution in [1.82, 2.24) is 9.38 Å². The third kappa shape index (κ3) is 2.23. The third-order valence-corrected chi connectivity index (χ3v) is 3.46. The largest absolute Gasteiger partial charge is 0.476 e. The molecule has 0 fully saturated rings. The van der Waals surface area contributed by atoms with E-state index in [1.54, 1.807) is 30.5 Å². The Hall–Kier alpha value is -2.82. The highest BCUT2D eigenvalue weighted by molar-refractivity contribution is 5.90. The quantitative estimate of drug-likeness (QED) is 0.799. The lowest BCUT2D eigenvalue weighted by atomic mass is 10.1. The van der Waals surface area contributed by atoms with E-state index in [0.717, 1.165) is 11.1 Å². The Balaban J connectivity index is 2.14. The normalized spacial score (nSPS) is 10.8. The molecule has 3 rings (SSSR count). The number of aromatic carboxylic acids is 1. The van der Waals surface area contributed by atoms with Gasteiger partial charge in [0.25, 0.3) is 5.88 Å². The molecule has 106 valence electrons. The molecule has 0 unspecified atom stereocenters. The molecule has 2 aromatic heterocycles. The number of aromatic nitrogens is 2. The van der Waals surface area contributed by atoms with E-state index in [1.807, 2.05) is 26.0 Å². The van der Waals surface area contributed by atoms with Gasteiger partial charge in [0.05, 0.1) is 0 Å². The van der Waals surface area contributed by atoms with Gasteiger partial charge in [0, 0.05) is 6.20 Å². The molecule has 3 aromatic rings. The first-order valence-electron chi connectivity index (χ1n) is 6.52. The van der Waals surface area contributed by atoms with Gasteiger partial charge < -0.3 is 9.84 Å². The number of hydrogen-bond acceptors (Lipinski definition) is 3. The fourth-order valence-corrected chi connectivity index (χ4v) is 2.18. The maximum Gasteiger partial charge on any atom is 0.358 e. The van der Waals surface area contributed by atoms with E-state index >= 15 is 0 Å². The average Bonchev–Trinajstić information content (AvgIpc) is 2.82. The highest BCUT2D eigenvalue weighted by Crippen LogP contribution is 2.29. The van der Waals surface area contributed by atoms with Gasteiger partial charge in [-0.15, -0.1) is 0 Å². The Bertz CT molecular complexity index is 837. The minimum absolute atomic E-state index is 0.0199. The van der Waals surface area contributed by atoms with Crippen molar-refractivity contribution in [2.45, 2.75) is 13.8 Å². The van der Waals surface area contributed by atoms with Crippen LogP contribution in [0.5, 0.6) is 11.6 Å². The summed E-state index contributed by atoms with van der Waals surface area (Å²) in [7, 11) is 0. The van der Waals surface area contributed by atoms with Crippen LogP contribution in [0, 0.1) is 13.8 Å². The molecule has 0 aliphatic heterocycles. The van der Waals surface area contributed by atoms with Crippen molar-refractivity contribution in [3.8, 4) is 11.6 Å².